The largest absolute Gasteiger partial charge is 0.508 e. The number of phenolic OH excluding ortho intramolecular Hbond substituents is 1. The van der Waals surface area contributed by atoms with E-state index in [-0.39, 0.29) is 11.6 Å². The zero-order valence-corrected chi connectivity index (χ0v) is 28.9. The predicted molar refractivity (Wildman–Crippen MR) is 192 cm³/mol. The molecule has 51 heavy (non-hydrogen) atoms. The van der Waals surface area contributed by atoms with E-state index in [1.807, 2.05) is 36.4 Å². The lowest BCUT2D eigenvalue weighted by atomic mass is 9.84. The van der Waals surface area contributed by atoms with Crippen LogP contribution in [0.1, 0.15) is 54.5 Å². The molecule has 0 aliphatic carbocycles. The second kappa shape index (κ2) is 19.6. The van der Waals surface area contributed by atoms with Gasteiger partial charge in [-0.3, -0.25) is 10.5 Å². The number of para-hydroxylation sites is 1. The lowest BCUT2D eigenvalue weighted by Gasteiger charge is -2.48. The molecule has 8 atom stereocenters. The van der Waals surface area contributed by atoms with Crippen LogP contribution in [0.2, 0.25) is 0 Å². The van der Waals surface area contributed by atoms with E-state index in [0.717, 1.165) is 41.6 Å². The van der Waals surface area contributed by atoms with E-state index in [2.05, 4.69) is 42.2 Å². The number of aromatic hydroxyl groups is 1. The highest BCUT2D eigenvalue weighted by atomic mass is 19.1. The smallest absolute Gasteiger partial charge is 0.186 e. The number of hydrogen-bond donors (Lipinski definition) is 7. The Bertz CT molecular complexity index is 1590. The summed E-state index contributed by atoms with van der Waals surface area (Å²) in [5.41, 5.74) is 5.29. The molecule has 7 N–H and O–H groups in total. The standard InChI is InChI=1S/C21H26O6.C19H22FNO.H2O2/c1-26-21-20(25)19(24)18(23)17(27-21)9-8-13-4-2-5-14(10-13)11-15-6-3-7-16(22)12-15;1-14-16(13-21(14)18-5-3-2-4-6-18)9-12-19(22)15-7-10-17(20)11-8-15;1-2/h2-7,10,12,17-25H,8-9,11H2,1H3;2-8,10-11,14,16,19,22H,9,12-13H2,1H3;1-2H. The first kappa shape index (κ1) is 39.9. The molecule has 0 amide bonds. The molecule has 4 aromatic carbocycles. The van der Waals surface area contributed by atoms with Crippen molar-refractivity contribution < 1.29 is 49.9 Å². The first-order chi connectivity index (χ1) is 24.6. The molecule has 2 aliphatic heterocycles. The van der Waals surface area contributed by atoms with Gasteiger partial charge in [0.25, 0.3) is 0 Å². The minimum atomic E-state index is -1.30. The van der Waals surface area contributed by atoms with Crippen LogP contribution >= 0.6 is 0 Å². The zero-order chi connectivity index (χ0) is 36.9. The number of methoxy groups -OCH3 is 1. The van der Waals surface area contributed by atoms with Crippen molar-refractivity contribution in [2.45, 2.75) is 81.9 Å². The van der Waals surface area contributed by atoms with Gasteiger partial charge in [0.1, 0.15) is 29.9 Å². The highest BCUT2D eigenvalue weighted by Gasteiger charge is 2.43. The Kier molecular flexibility index (Phi) is 15.3. The van der Waals surface area contributed by atoms with Gasteiger partial charge >= 0.3 is 0 Å². The maximum atomic E-state index is 12.9. The van der Waals surface area contributed by atoms with Gasteiger partial charge in [0.2, 0.25) is 0 Å². The lowest BCUT2D eigenvalue weighted by molar-refractivity contribution is -0.290. The van der Waals surface area contributed by atoms with Crippen LogP contribution in [-0.2, 0) is 22.3 Å². The van der Waals surface area contributed by atoms with E-state index in [4.69, 9.17) is 20.0 Å². The summed E-state index contributed by atoms with van der Waals surface area (Å²) in [5, 5.41) is 61.8. The van der Waals surface area contributed by atoms with Crippen LogP contribution in [0.25, 0.3) is 0 Å². The molecule has 2 fully saturated rings. The Balaban J connectivity index is 0.000000222. The van der Waals surface area contributed by atoms with Gasteiger partial charge in [-0.1, -0.05) is 66.7 Å². The van der Waals surface area contributed by atoms with Crippen LogP contribution in [-0.4, -0.2) is 86.4 Å². The number of phenols is 1. The number of hydrogen-bond acceptors (Lipinski definition) is 10. The SMILES string of the molecule is CC1C(CCC(O)c2ccc(F)cc2)CN1c1ccccc1.COC1OC(CCc2cccc(Cc3cccc(O)c3)c2)C(O)C(O)C1O.OO. The van der Waals surface area contributed by atoms with Crippen molar-refractivity contribution in [3.63, 3.8) is 0 Å². The molecule has 11 heteroatoms. The maximum absolute atomic E-state index is 12.9. The molecule has 6 rings (SSSR count). The molecule has 2 heterocycles. The predicted octanol–water partition coefficient (Wildman–Crippen LogP) is 5.55. The van der Waals surface area contributed by atoms with E-state index < -0.39 is 36.8 Å². The molecule has 2 saturated heterocycles. The molecule has 0 aromatic heterocycles. The Morgan fingerprint density at radius 1 is 0.804 bits per heavy atom. The van der Waals surface area contributed by atoms with Gasteiger partial charge in [-0.15, -0.1) is 0 Å². The molecular weight excluding hydrogens is 657 g/mol. The average Bonchev–Trinajstić information content (AvgIpc) is 3.15. The van der Waals surface area contributed by atoms with Crippen molar-refractivity contribution in [1.29, 1.82) is 0 Å². The number of halogens is 1. The fourth-order valence-electron chi connectivity index (χ4n) is 6.66. The number of aliphatic hydroxyl groups excluding tert-OH is 4. The van der Waals surface area contributed by atoms with E-state index in [0.29, 0.717) is 31.2 Å². The van der Waals surface area contributed by atoms with Crippen molar-refractivity contribution in [3.8, 4) is 5.75 Å². The summed E-state index contributed by atoms with van der Waals surface area (Å²) >= 11 is 0. The molecule has 0 bridgehead atoms. The number of aliphatic hydroxyl groups is 4. The summed E-state index contributed by atoms with van der Waals surface area (Å²) in [7, 11) is 1.39. The number of rotatable bonds is 11. The van der Waals surface area contributed by atoms with Gasteiger partial charge in [-0.05, 0) is 104 Å². The fraction of sp³-hybridized carbons (Fsp3) is 0.400. The van der Waals surface area contributed by atoms with Gasteiger partial charge < -0.3 is 39.9 Å². The van der Waals surface area contributed by atoms with E-state index in [1.54, 1.807) is 24.3 Å². The Morgan fingerprint density at radius 2 is 1.45 bits per heavy atom. The normalized spacial score (nSPS) is 24.6. The molecular formula is C40H50FNO9. The third-order valence-corrected chi connectivity index (χ3v) is 9.69. The highest BCUT2D eigenvalue weighted by molar-refractivity contribution is 5.50. The Labute approximate surface area is 298 Å². The van der Waals surface area contributed by atoms with Crippen LogP contribution in [0.5, 0.6) is 5.75 Å². The van der Waals surface area contributed by atoms with Crippen LogP contribution < -0.4 is 4.90 Å². The van der Waals surface area contributed by atoms with E-state index in [1.165, 1.54) is 24.9 Å². The van der Waals surface area contributed by atoms with Crippen LogP contribution in [0.4, 0.5) is 10.1 Å². The second-order valence-electron chi connectivity index (χ2n) is 13.1. The molecule has 276 valence electrons. The minimum absolute atomic E-state index is 0.250. The lowest BCUT2D eigenvalue weighted by Crippen LogP contribution is -2.58. The maximum Gasteiger partial charge on any atom is 0.186 e. The summed E-state index contributed by atoms with van der Waals surface area (Å²) in [6.07, 6.45) is -2.25. The number of anilines is 1. The number of benzene rings is 4. The second-order valence-corrected chi connectivity index (χ2v) is 13.1. The number of nitrogens with zero attached hydrogens (tertiary/aromatic N) is 1. The quantitative estimate of drug-likeness (QED) is 0.0777. The van der Waals surface area contributed by atoms with Crippen LogP contribution in [0, 0.1) is 11.7 Å². The molecule has 2 aliphatic rings. The number of ether oxygens (including phenoxy) is 2. The third-order valence-electron chi connectivity index (χ3n) is 9.69. The monoisotopic (exact) mass is 707 g/mol. The summed E-state index contributed by atoms with van der Waals surface area (Å²) in [6.45, 7) is 3.28. The van der Waals surface area contributed by atoms with Gasteiger partial charge in [0, 0.05) is 25.4 Å². The first-order valence-electron chi connectivity index (χ1n) is 17.2. The van der Waals surface area contributed by atoms with Gasteiger partial charge in [-0.25, -0.2) is 4.39 Å². The van der Waals surface area contributed by atoms with E-state index in [9.17, 15) is 29.9 Å². The fourth-order valence-corrected chi connectivity index (χ4v) is 6.66. The zero-order valence-electron chi connectivity index (χ0n) is 28.9. The molecule has 8 unspecified atom stereocenters. The number of aryl methyl sites for hydroxylation is 1. The van der Waals surface area contributed by atoms with Crippen LogP contribution in [0.3, 0.4) is 0 Å². The van der Waals surface area contributed by atoms with Gasteiger partial charge in [-0.2, -0.15) is 0 Å². The average molecular weight is 708 g/mol. The Hall–Kier alpha value is -3.91. The summed E-state index contributed by atoms with van der Waals surface area (Å²) in [6, 6.07) is 32.4. The van der Waals surface area contributed by atoms with Crippen molar-refractivity contribution in [2.75, 3.05) is 18.6 Å². The molecule has 4 aromatic rings. The van der Waals surface area contributed by atoms with E-state index >= 15 is 0 Å². The van der Waals surface area contributed by atoms with Crippen molar-refractivity contribution >= 4 is 5.69 Å². The van der Waals surface area contributed by atoms with Gasteiger partial charge in [0.15, 0.2) is 6.29 Å². The summed E-state index contributed by atoms with van der Waals surface area (Å²) < 4.78 is 23.5. The Morgan fingerprint density at radius 3 is 2.10 bits per heavy atom. The molecule has 10 nitrogen and oxygen atoms in total. The summed E-state index contributed by atoms with van der Waals surface area (Å²) in [5.74, 6) is 0.595. The molecule has 0 saturated carbocycles. The topological polar surface area (TPSA) is 163 Å². The van der Waals surface area contributed by atoms with Crippen molar-refractivity contribution in [1.82, 2.24) is 0 Å². The summed E-state index contributed by atoms with van der Waals surface area (Å²) in [4.78, 5) is 2.40. The minimum Gasteiger partial charge on any atom is -0.508 e. The van der Waals surface area contributed by atoms with Gasteiger partial charge in [0.05, 0.1) is 12.2 Å². The van der Waals surface area contributed by atoms with Crippen molar-refractivity contribution in [3.05, 3.63) is 131 Å². The third kappa shape index (κ3) is 11.0. The highest BCUT2D eigenvalue weighted by Crippen LogP contribution is 2.35. The first-order valence-corrected chi connectivity index (χ1v) is 17.2. The van der Waals surface area contributed by atoms with Crippen molar-refractivity contribution in [2.24, 2.45) is 5.92 Å². The van der Waals surface area contributed by atoms with Crippen LogP contribution in [0.15, 0.2) is 103 Å². The molecule has 0 spiro atoms. The molecule has 0 radical (unpaired) electrons.